The molecule has 1 unspecified atom stereocenters. The summed E-state index contributed by atoms with van der Waals surface area (Å²) in [6, 6.07) is 0. The number of nitrogens with zero attached hydrogens (tertiary/aromatic N) is 1. The minimum Gasteiger partial charge on any atom is -0.467 e. The average Bonchev–Trinajstić information content (AvgIpc) is 2.81. The van der Waals surface area contributed by atoms with E-state index in [1.165, 1.54) is 32.8 Å². The fourth-order valence-corrected chi connectivity index (χ4v) is 2.70. The highest BCUT2D eigenvalue weighted by molar-refractivity contribution is 5.74. The summed E-state index contributed by atoms with van der Waals surface area (Å²) in [7, 11) is 1.42. The van der Waals surface area contributed by atoms with E-state index in [2.05, 4.69) is 4.90 Å². The molecule has 0 amide bonds. The molecule has 1 heterocycles. The molecule has 2 fully saturated rings. The highest BCUT2D eigenvalue weighted by Crippen LogP contribution is 2.26. The van der Waals surface area contributed by atoms with Crippen LogP contribution in [0, 0.1) is 5.92 Å². The standard InChI is InChI=1S/C12H21NO3/c1-15-12(14)11-9-13(6-7-16-11)8-10-4-2-3-5-10/h10-11H,2-9H2,1H3. The second-order valence-corrected chi connectivity index (χ2v) is 4.79. The van der Waals surface area contributed by atoms with Gasteiger partial charge in [-0.1, -0.05) is 12.8 Å². The maximum Gasteiger partial charge on any atom is 0.336 e. The van der Waals surface area contributed by atoms with Crippen LogP contribution in [-0.4, -0.2) is 50.3 Å². The highest BCUT2D eigenvalue weighted by atomic mass is 16.6. The lowest BCUT2D eigenvalue weighted by Gasteiger charge is -2.33. The first-order valence-corrected chi connectivity index (χ1v) is 6.21. The first-order valence-electron chi connectivity index (χ1n) is 6.21. The fraction of sp³-hybridized carbons (Fsp3) is 0.917. The molecule has 2 rings (SSSR count). The van der Waals surface area contributed by atoms with E-state index in [9.17, 15) is 4.79 Å². The van der Waals surface area contributed by atoms with Gasteiger partial charge >= 0.3 is 5.97 Å². The molecule has 2 aliphatic rings. The Kier molecular flexibility index (Phi) is 4.18. The third kappa shape index (κ3) is 2.95. The minimum absolute atomic E-state index is 0.240. The van der Waals surface area contributed by atoms with Crippen molar-refractivity contribution in [2.24, 2.45) is 5.92 Å². The van der Waals surface area contributed by atoms with Crippen molar-refractivity contribution in [2.45, 2.75) is 31.8 Å². The summed E-state index contributed by atoms with van der Waals surface area (Å²) in [6.07, 6.45) is 5.06. The van der Waals surface area contributed by atoms with Crippen LogP contribution in [0.3, 0.4) is 0 Å². The Morgan fingerprint density at radius 1 is 1.44 bits per heavy atom. The normalized spacial score (nSPS) is 28.2. The summed E-state index contributed by atoms with van der Waals surface area (Å²) in [5.41, 5.74) is 0. The monoisotopic (exact) mass is 227 g/mol. The molecule has 92 valence electrons. The summed E-state index contributed by atoms with van der Waals surface area (Å²) in [6.45, 7) is 3.41. The Labute approximate surface area is 96.9 Å². The van der Waals surface area contributed by atoms with Crippen LogP contribution in [0.25, 0.3) is 0 Å². The second kappa shape index (κ2) is 5.64. The van der Waals surface area contributed by atoms with Crippen LogP contribution in [0.15, 0.2) is 0 Å². The molecule has 1 aliphatic carbocycles. The number of hydrogen-bond donors (Lipinski definition) is 0. The van der Waals surface area contributed by atoms with Crippen molar-refractivity contribution in [1.29, 1.82) is 0 Å². The van der Waals surface area contributed by atoms with Crippen LogP contribution in [0.4, 0.5) is 0 Å². The van der Waals surface area contributed by atoms with Crippen molar-refractivity contribution in [3.63, 3.8) is 0 Å². The molecule has 0 aromatic carbocycles. The van der Waals surface area contributed by atoms with Crippen LogP contribution in [0.5, 0.6) is 0 Å². The van der Waals surface area contributed by atoms with E-state index in [1.54, 1.807) is 0 Å². The number of rotatable bonds is 3. The molecule has 0 spiro atoms. The molecule has 1 aliphatic heterocycles. The first kappa shape index (κ1) is 11.9. The lowest BCUT2D eigenvalue weighted by molar-refractivity contribution is -0.160. The number of hydrogen-bond acceptors (Lipinski definition) is 4. The third-order valence-corrected chi connectivity index (χ3v) is 3.61. The number of esters is 1. The van der Waals surface area contributed by atoms with Gasteiger partial charge in [0.05, 0.1) is 13.7 Å². The van der Waals surface area contributed by atoms with Gasteiger partial charge in [0, 0.05) is 19.6 Å². The minimum atomic E-state index is -0.375. The van der Waals surface area contributed by atoms with Gasteiger partial charge in [0.15, 0.2) is 6.10 Å². The van der Waals surface area contributed by atoms with Gasteiger partial charge in [-0.3, -0.25) is 4.90 Å². The van der Waals surface area contributed by atoms with Crippen LogP contribution >= 0.6 is 0 Å². The molecule has 1 atom stereocenters. The van der Waals surface area contributed by atoms with E-state index >= 15 is 0 Å². The van der Waals surface area contributed by atoms with Crippen LogP contribution in [0.2, 0.25) is 0 Å². The Morgan fingerprint density at radius 2 is 2.19 bits per heavy atom. The van der Waals surface area contributed by atoms with Crippen LogP contribution in [-0.2, 0) is 14.3 Å². The van der Waals surface area contributed by atoms with Crippen molar-refractivity contribution in [3.8, 4) is 0 Å². The van der Waals surface area contributed by atoms with Crippen molar-refractivity contribution in [2.75, 3.05) is 33.4 Å². The Bertz CT molecular complexity index is 238. The maximum atomic E-state index is 11.4. The molecule has 4 nitrogen and oxygen atoms in total. The largest absolute Gasteiger partial charge is 0.467 e. The Hall–Kier alpha value is -0.610. The van der Waals surface area contributed by atoms with Gasteiger partial charge < -0.3 is 9.47 Å². The third-order valence-electron chi connectivity index (χ3n) is 3.61. The second-order valence-electron chi connectivity index (χ2n) is 4.79. The van der Waals surface area contributed by atoms with Gasteiger partial charge in [0.25, 0.3) is 0 Å². The number of methoxy groups -OCH3 is 1. The van der Waals surface area contributed by atoms with Crippen molar-refractivity contribution in [3.05, 3.63) is 0 Å². The number of carbonyl (C=O) groups excluding carboxylic acids is 1. The topological polar surface area (TPSA) is 38.8 Å². The fourth-order valence-electron chi connectivity index (χ4n) is 2.70. The molecule has 0 aromatic rings. The Morgan fingerprint density at radius 3 is 2.88 bits per heavy atom. The van der Waals surface area contributed by atoms with E-state index in [1.807, 2.05) is 0 Å². The zero-order chi connectivity index (χ0) is 11.4. The average molecular weight is 227 g/mol. The van der Waals surface area contributed by atoms with Crippen molar-refractivity contribution in [1.82, 2.24) is 4.90 Å². The number of carbonyl (C=O) groups is 1. The van der Waals surface area contributed by atoms with Gasteiger partial charge in [-0.05, 0) is 18.8 Å². The molecule has 16 heavy (non-hydrogen) atoms. The van der Waals surface area contributed by atoms with Crippen LogP contribution < -0.4 is 0 Å². The predicted octanol–water partition coefficient (Wildman–Crippen LogP) is 1.05. The lowest BCUT2D eigenvalue weighted by atomic mass is 10.1. The molecule has 1 saturated carbocycles. The molecule has 0 aromatic heterocycles. The lowest BCUT2D eigenvalue weighted by Crippen LogP contribution is -2.47. The molecule has 0 radical (unpaired) electrons. The highest BCUT2D eigenvalue weighted by Gasteiger charge is 2.29. The van der Waals surface area contributed by atoms with Gasteiger partial charge in [0.1, 0.15) is 0 Å². The van der Waals surface area contributed by atoms with E-state index in [0.29, 0.717) is 13.2 Å². The van der Waals surface area contributed by atoms with Gasteiger partial charge in [-0.2, -0.15) is 0 Å². The summed E-state index contributed by atoms with van der Waals surface area (Å²) < 4.78 is 10.1. The molecule has 0 bridgehead atoms. The summed E-state index contributed by atoms with van der Waals surface area (Å²) >= 11 is 0. The summed E-state index contributed by atoms with van der Waals surface area (Å²) in [5, 5.41) is 0. The van der Waals surface area contributed by atoms with Crippen LogP contribution in [0.1, 0.15) is 25.7 Å². The van der Waals surface area contributed by atoms with Gasteiger partial charge in [-0.25, -0.2) is 4.79 Å². The summed E-state index contributed by atoms with van der Waals surface area (Å²) in [5.74, 6) is 0.590. The quantitative estimate of drug-likeness (QED) is 0.676. The van der Waals surface area contributed by atoms with Crippen molar-refractivity contribution < 1.29 is 14.3 Å². The molecule has 0 N–H and O–H groups in total. The number of morpholine rings is 1. The summed E-state index contributed by atoms with van der Waals surface area (Å²) in [4.78, 5) is 13.7. The molecular formula is C12H21NO3. The van der Waals surface area contributed by atoms with Crippen molar-refractivity contribution >= 4 is 5.97 Å². The smallest absolute Gasteiger partial charge is 0.336 e. The Balaban J connectivity index is 1.79. The zero-order valence-electron chi connectivity index (χ0n) is 9.98. The van der Waals surface area contributed by atoms with Gasteiger partial charge in [0.2, 0.25) is 0 Å². The number of ether oxygens (including phenoxy) is 2. The van der Waals surface area contributed by atoms with E-state index < -0.39 is 0 Å². The first-order chi connectivity index (χ1) is 7.79. The van der Waals surface area contributed by atoms with E-state index in [-0.39, 0.29) is 12.1 Å². The maximum absolute atomic E-state index is 11.4. The van der Waals surface area contributed by atoms with E-state index in [0.717, 1.165) is 19.0 Å². The molecule has 1 saturated heterocycles. The predicted molar refractivity (Wildman–Crippen MR) is 60.2 cm³/mol. The SMILES string of the molecule is COC(=O)C1CN(CC2CCCC2)CCO1. The van der Waals surface area contributed by atoms with E-state index in [4.69, 9.17) is 9.47 Å². The van der Waals surface area contributed by atoms with Gasteiger partial charge in [-0.15, -0.1) is 0 Å². The zero-order valence-corrected chi connectivity index (χ0v) is 9.98. The molecular weight excluding hydrogens is 206 g/mol. The molecule has 4 heteroatoms.